The molecule has 0 bridgehead atoms. The minimum absolute atomic E-state index is 0.294. The fourth-order valence-corrected chi connectivity index (χ4v) is 5.86. The van der Waals surface area contributed by atoms with Crippen molar-refractivity contribution in [3.05, 3.63) is 48.0 Å². The van der Waals surface area contributed by atoms with E-state index in [1.54, 1.807) is 0 Å². The molecule has 0 aliphatic heterocycles. The number of fused-ring (bicyclic) bond motifs is 1. The molecular formula is C21H32O4Si. The molecule has 2 aromatic rings. The van der Waals surface area contributed by atoms with E-state index < -0.39 is 15.1 Å². The van der Waals surface area contributed by atoms with Gasteiger partial charge in [0.25, 0.3) is 0 Å². The Morgan fingerprint density at radius 2 is 1.54 bits per heavy atom. The van der Waals surface area contributed by atoms with Crippen molar-refractivity contribution < 1.29 is 18.0 Å². The van der Waals surface area contributed by atoms with Crippen molar-refractivity contribution >= 4 is 19.6 Å². The van der Waals surface area contributed by atoms with Gasteiger partial charge in [0.1, 0.15) is 6.29 Å². The maximum Gasteiger partial charge on any atom is 0.507 e. The zero-order valence-corrected chi connectivity index (χ0v) is 17.9. The third-order valence-corrected chi connectivity index (χ3v) is 6.84. The van der Waals surface area contributed by atoms with E-state index >= 15 is 0 Å². The maximum absolute atomic E-state index is 6.32. The molecule has 2 rings (SSSR count). The minimum atomic E-state index is -2.94. The Balaban J connectivity index is 2.33. The first-order valence-electron chi connectivity index (χ1n) is 9.39. The lowest BCUT2D eigenvalue weighted by Crippen LogP contribution is -2.51. The molecular weight excluding hydrogens is 344 g/mol. The van der Waals surface area contributed by atoms with Crippen LogP contribution in [0.3, 0.4) is 0 Å². The van der Waals surface area contributed by atoms with Crippen LogP contribution in [0, 0.1) is 0 Å². The van der Waals surface area contributed by atoms with Gasteiger partial charge < -0.3 is 18.0 Å². The van der Waals surface area contributed by atoms with Gasteiger partial charge in [-0.2, -0.15) is 0 Å². The lowest BCUT2D eigenvalue weighted by atomic mass is 10.1. The van der Waals surface area contributed by atoms with E-state index in [0.29, 0.717) is 19.3 Å². The van der Waals surface area contributed by atoms with Gasteiger partial charge in [0, 0.05) is 19.3 Å². The first kappa shape index (κ1) is 21.1. The Hall–Kier alpha value is -1.24. The monoisotopic (exact) mass is 376 g/mol. The van der Waals surface area contributed by atoms with E-state index in [4.69, 9.17) is 18.0 Å². The predicted octanol–water partition coefficient (Wildman–Crippen LogP) is 5.11. The molecule has 144 valence electrons. The third-order valence-electron chi connectivity index (χ3n) is 3.88. The summed E-state index contributed by atoms with van der Waals surface area (Å²) in [5.41, 5.74) is 0.886. The first-order chi connectivity index (χ1) is 12.3. The molecule has 1 atom stereocenters. The smallest absolute Gasteiger partial charge is 0.374 e. The summed E-state index contributed by atoms with van der Waals surface area (Å²) in [4.78, 5) is 0. The number of hydrogen-bond donors (Lipinski definition) is 0. The zero-order chi connectivity index (χ0) is 19.2. The minimum Gasteiger partial charge on any atom is -0.374 e. The summed E-state index contributed by atoms with van der Waals surface area (Å²) in [6, 6.07) is 15.3. The van der Waals surface area contributed by atoms with Gasteiger partial charge in [-0.25, -0.2) is 0 Å². The summed E-state index contributed by atoms with van der Waals surface area (Å²) >= 11 is 0. The van der Waals surface area contributed by atoms with Crippen molar-refractivity contribution in [1.82, 2.24) is 0 Å². The standard InChI is InChI=1S/C21H32O4Si/c1-7-22-26(23-8-2,25-17(3)24-21(4,5)6)16-19-14-11-13-18-12-9-10-15-20(18)19/h9-15,17H,7-8,16H2,1-6H3. The van der Waals surface area contributed by atoms with Gasteiger partial charge in [-0.3, -0.25) is 0 Å². The Labute approximate surface area is 158 Å². The summed E-state index contributed by atoms with van der Waals surface area (Å²) < 4.78 is 24.5. The van der Waals surface area contributed by atoms with Crippen molar-refractivity contribution in [3.63, 3.8) is 0 Å². The number of hydrogen-bond acceptors (Lipinski definition) is 4. The molecule has 0 aliphatic carbocycles. The van der Waals surface area contributed by atoms with Crippen LogP contribution in [-0.4, -0.2) is 33.9 Å². The van der Waals surface area contributed by atoms with Crippen LogP contribution in [0.4, 0.5) is 0 Å². The van der Waals surface area contributed by atoms with Gasteiger partial charge in [0.15, 0.2) is 0 Å². The van der Waals surface area contributed by atoms with E-state index in [2.05, 4.69) is 42.5 Å². The van der Waals surface area contributed by atoms with E-state index in [1.807, 2.05) is 41.5 Å². The van der Waals surface area contributed by atoms with Crippen LogP contribution in [0.5, 0.6) is 0 Å². The summed E-state index contributed by atoms with van der Waals surface area (Å²) in [6.45, 7) is 13.0. The molecule has 4 nitrogen and oxygen atoms in total. The molecule has 0 radical (unpaired) electrons. The fourth-order valence-electron chi connectivity index (χ4n) is 3.15. The van der Waals surface area contributed by atoms with E-state index in [0.717, 1.165) is 0 Å². The SMILES string of the molecule is CCO[Si](Cc1cccc2ccccc12)(OCC)OC(C)OC(C)(C)C. The van der Waals surface area contributed by atoms with Crippen molar-refractivity contribution in [1.29, 1.82) is 0 Å². The number of benzene rings is 2. The average Bonchev–Trinajstić information content (AvgIpc) is 2.54. The van der Waals surface area contributed by atoms with Crippen molar-refractivity contribution in [3.8, 4) is 0 Å². The van der Waals surface area contributed by atoms with E-state index in [1.165, 1.54) is 16.3 Å². The molecule has 0 N–H and O–H groups in total. The van der Waals surface area contributed by atoms with Gasteiger partial charge in [-0.15, -0.1) is 0 Å². The Bertz CT molecular complexity index is 684. The molecule has 0 aromatic heterocycles. The molecule has 0 amide bonds. The molecule has 2 aromatic carbocycles. The predicted molar refractivity (Wildman–Crippen MR) is 108 cm³/mol. The molecule has 5 heteroatoms. The third kappa shape index (κ3) is 5.89. The molecule has 26 heavy (non-hydrogen) atoms. The Morgan fingerprint density at radius 1 is 0.923 bits per heavy atom. The number of ether oxygens (including phenoxy) is 1. The first-order valence-corrected chi connectivity index (χ1v) is 11.3. The zero-order valence-electron chi connectivity index (χ0n) is 16.9. The summed E-state index contributed by atoms with van der Waals surface area (Å²) in [5.74, 6) is 0. The van der Waals surface area contributed by atoms with Gasteiger partial charge in [0.2, 0.25) is 0 Å². The molecule has 0 spiro atoms. The molecule has 0 heterocycles. The molecule has 0 saturated heterocycles. The summed E-state index contributed by atoms with van der Waals surface area (Å²) in [5, 5.41) is 2.42. The highest BCUT2D eigenvalue weighted by Crippen LogP contribution is 2.26. The summed E-state index contributed by atoms with van der Waals surface area (Å²) in [7, 11) is -2.94. The van der Waals surface area contributed by atoms with Crippen LogP contribution in [0.2, 0.25) is 0 Å². The molecule has 0 saturated carbocycles. The van der Waals surface area contributed by atoms with Gasteiger partial charge >= 0.3 is 8.80 Å². The van der Waals surface area contributed by atoms with Crippen LogP contribution < -0.4 is 0 Å². The molecule has 1 unspecified atom stereocenters. The van der Waals surface area contributed by atoms with Gasteiger partial charge in [-0.05, 0) is 57.9 Å². The van der Waals surface area contributed by atoms with E-state index in [-0.39, 0.29) is 5.60 Å². The van der Waals surface area contributed by atoms with Crippen LogP contribution in [0.1, 0.15) is 47.1 Å². The second-order valence-electron chi connectivity index (χ2n) is 7.28. The second kappa shape index (κ2) is 9.11. The Morgan fingerprint density at radius 3 is 2.15 bits per heavy atom. The lowest BCUT2D eigenvalue weighted by molar-refractivity contribution is -0.165. The van der Waals surface area contributed by atoms with Gasteiger partial charge in [-0.1, -0.05) is 42.5 Å². The van der Waals surface area contributed by atoms with Crippen LogP contribution >= 0.6 is 0 Å². The fraction of sp³-hybridized carbons (Fsp3) is 0.524. The lowest BCUT2D eigenvalue weighted by Gasteiger charge is -2.34. The second-order valence-corrected chi connectivity index (χ2v) is 9.81. The topological polar surface area (TPSA) is 36.9 Å². The quantitative estimate of drug-likeness (QED) is 0.450. The molecule has 0 aliphatic rings. The highest BCUT2D eigenvalue weighted by atomic mass is 28.4. The van der Waals surface area contributed by atoms with Gasteiger partial charge in [0.05, 0.1) is 5.60 Å². The summed E-state index contributed by atoms with van der Waals surface area (Å²) in [6.07, 6.45) is -0.408. The number of rotatable bonds is 9. The highest BCUT2D eigenvalue weighted by molar-refractivity contribution is 6.60. The van der Waals surface area contributed by atoms with Crippen molar-refractivity contribution in [2.75, 3.05) is 13.2 Å². The van der Waals surface area contributed by atoms with Crippen molar-refractivity contribution in [2.45, 2.75) is 59.5 Å². The maximum atomic E-state index is 6.32. The van der Waals surface area contributed by atoms with Crippen molar-refractivity contribution in [2.24, 2.45) is 0 Å². The van der Waals surface area contributed by atoms with Crippen LogP contribution in [-0.2, 0) is 24.1 Å². The average molecular weight is 377 g/mol. The Kier molecular flexibility index (Phi) is 7.38. The highest BCUT2D eigenvalue weighted by Gasteiger charge is 2.43. The normalized spacial score (nSPS) is 13.9. The van der Waals surface area contributed by atoms with E-state index in [9.17, 15) is 0 Å². The largest absolute Gasteiger partial charge is 0.507 e. The molecule has 0 fully saturated rings. The van der Waals surface area contributed by atoms with Crippen LogP contribution in [0.15, 0.2) is 42.5 Å². The van der Waals surface area contributed by atoms with Crippen LogP contribution in [0.25, 0.3) is 10.8 Å².